The molecule has 38 heavy (non-hydrogen) atoms. The monoisotopic (exact) mass is 524 g/mol. The van der Waals surface area contributed by atoms with Crippen LogP contribution in [0.5, 0.6) is 0 Å². The summed E-state index contributed by atoms with van der Waals surface area (Å²) < 4.78 is 9.92. The molecule has 0 radical (unpaired) electrons. The quantitative estimate of drug-likeness (QED) is 0.395. The molecule has 0 saturated heterocycles. The molecular weight excluding hydrogens is 480 g/mol. The van der Waals surface area contributed by atoms with E-state index in [1.165, 1.54) is 12.7 Å². The van der Waals surface area contributed by atoms with E-state index in [-0.39, 0.29) is 57.6 Å². The number of ketones is 1. The van der Waals surface area contributed by atoms with Gasteiger partial charge in [-0.1, -0.05) is 65.7 Å². The first-order chi connectivity index (χ1) is 17.7. The Hall–Kier alpha value is -2.63. The van der Waals surface area contributed by atoms with E-state index in [1.54, 1.807) is 6.08 Å². The Bertz CT molecular complexity index is 1190. The minimum Gasteiger partial charge on any atom is -0.504 e. The third kappa shape index (κ3) is 4.01. The van der Waals surface area contributed by atoms with Crippen molar-refractivity contribution >= 4 is 17.7 Å². The van der Waals surface area contributed by atoms with Crippen LogP contribution in [-0.4, -0.2) is 36.5 Å². The molecule has 0 spiro atoms. The highest BCUT2D eigenvalue weighted by molar-refractivity contribution is 6.06. The highest BCUT2D eigenvalue weighted by Crippen LogP contribution is 2.73. The number of ether oxygens (including phenoxy) is 2. The van der Waals surface area contributed by atoms with Crippen molar-refractivity contribution in [2.24, 2.45) is 33.5 Å². The van der Waals surface area contributed by atoms with E-state index in [4.69, 9.17) is 4.74 Å². The van der Waals surface area contributed by atoms with Gasteiger partial charge in [0.2, 0.25) is 5.78 Å². The van der Waals surface area contributed by atoms with Gasteiger partial charge in [0.25, 0.3) is 0 Å². The van der Waals surface area contributed by atoms with E-state index in [9.17, 15) is 19.5 Å². The second-order valence-electron chi connectivity index (χ2n) is 13.0. The standard InChI is InChI=1S/C32H44O6/c1-9-29(4)12-14-31(6)24-11-10-21-20(3)27(35)23(33)17-22(21)30(24,5)13-15-32(31,7)25(29)16-19(2)28(36)38-18-26(34)37-8/h10-11,17,19,25,35H,9,12-16,18H2,1-8H3/t19-,25+,29+,30-,31+,32-/m0/s1. The van der Waals surface area contributed by atoms with E-state index in [0.717, 1.165) is 43.3 Å². The second-order valence-corrected chi connectivity index (χ2v) is 13.0. The van der Waals surface area contributed by atoms with Crippen molar-refractivity contribution in [2.75, 3.05) is 13.7 Å². The van der Waals surface area contributed by atoms with Crippen LogP contribution >= 0.6 is 0 Å². The van der Waals surface area contributed by atoms with Gasteiger partial charge in [0.15, 0.2) is 12.4 Å². The average molecular weight is 525 g/mol. The Kier molecular flexibility index (Phi) is 7.12. The first kappa shape index (κ1) is 28.4. The van der Waals surface area contributed by atoms with Crippen molar-refractivity contribution in [1.29, 1.82) is 0 Å². The minimum atomic E-state index is -0.557. The molecule has 6 nitrogen and oxygen atoms in total. The summed E-state index contributed by atoms with van der Waals surface area (Å²) in [6.07, 6.45) is 11.7. The molecule has 0 bridgehead atoms. The molecule has 2 saturated carbocycles. The number of carbonyl (C=O) groups excluding carboxylic acids is 3. The highest BCUT2D eigenvalue weighted by atomic mass is 16.6. The molecule has 4 aliphatic rings. The summed E-state index contributed by atoms with van der Waals surface area (Å²) in [6.45, 7) is 15.1. The molecule has 0 aromatic carbocycles. The Morgan fingerprint density at radius 2 is 1.79 bits per heavy atom. The van der Waals surface area contributed by atoms with Gasteiger partial charge in [-0.2, -0.15) is 0 Å². The number of aliphatic hydroxyl groups excluding tert-OH is 1. The first-order valence-corrected chi connectivity index (χ1v) is 14.0. The summed E-state index contributed by atoms with van der Waals surface area (Å²) in [6, 6.07) is 0. The molecule has 0 unspecified atom stereocenters. The van der Waals surface area contributed by atoms with E-state index in [0.29, 0.717) is 12.0 Å². The summed E-state index contributed by atoms with van der Waals surface area (Å²) in [4.78, 5) is 37.1. The summed E-state index contributed by atoms with van der Waals surface area (Å²) in [5.74, 6) is -1.46. The Labute approximate surface area is 227 Å². The fourth-order valence-electron chi connectivity index (χ4n) is 8.32. The van der Waals surface area contributed by atoms with Crippen LogP contribution in [0.15, 0.2) is 46.3 Å². The number of allylic oxidation sites excluding steroid dienone is 7. The maximum Gasteiger partial charge on any atom is 0.344 e. The Balaban J connectivity index is 1.73. The smallest absolute Gasteiger partial charge is 0.344 e. The van der Waals surface area contributed by atoms with Crippen LogP contribution in [0.1, 0.15) is 87.0 Å². The highest BCUT2D eigenvalue weighted by Gasteiger charge is 2.65. The maximum absolute atomic E-state index is 12.9. The first-order valence-electron chi connectivity index (χ1n) is 14.0. The molecule has 4 rings (SSSR count). The fourth-order valence-corrected chi connectivity index (χ4v) is 8.32. The molecular formula is C32H44O6. The minimum absolute atomic E-state index is 0.0697. The molecule has 6 atom stereocenters. The zero-order valence-corrected chi connectivity index (χ0v) is 24.3. The van der Waals surface area contributed by atoms with Crippen LogP contribution in [0.25, 0.3) is 0 Å². The second kappa shape index (κ2) is 9.53. The zero-order chi connectivity index (χ0) is 28.3. The van der Waals surface area contributed by atoms with Gasteiger partial charge in [-0.05, 0) is 78.4 Å². The van der Waals surface area contributed by atoms with Crippen LogP contribution in [0.2, 0.25) is 0 Å². The summed E-state index contributed by atoms with van der Waals surface area (Å²) in [5, 5.41) is 10.3. The average Bonchev–Trinajstić information content (AvgIpc) is 2.89. The van der Waals surface area contributed by atoms with Crippen LogP contribution < -0.4 is 0 Å². The van der Waals surface area contributed by atoms with Gasteiger partial charge in [-0.25, -0.2) is 4.79 Å². The van der Waals surface area contributed by atoms with Gasteiger partial charge < -0.3 is 14.6 Å². The molecule has 6 heteroatoms. The molecule has 0 aromatic heterocycles. The lowest BCUT2D eigenvalue weighted by Gasteiger charge is -2.68. The van der Waals surface area contributed by atoms with Gasteiger partial charge in [-0.3, -0.25) is 9.59 Å². The summed E-state index contributed by atoms with van der Waals surface area (Å²) >= 11 is 0. The predicted molar refractivity (Wildman–Crippen MR) is 146 cm³/mol. The van der Waals surface area contributed by atoms with Gasteiger partial charge in [0.1, 0.15) is 0 Å². The van der Waals surface area contributed by atoms with Crippen molar-refractivity contribution in [2.45, 2.75) is 87.0 Å². The van der Waals surface area contributed by atoms with E-state index in [1.807, 2.05) is 13.8 Å². The summed E-state index contributed by atoms with van der Waals surface area (Å²) in [5.41, 5.74) is 3.59. The number of rotatable bonds is 6. The number of methoxy groups -OCH3 is 1. The van der Waals surface area contributed by atoms with Gasteiger partial charge in [0.05, 0.1) is 13.0 Å². The van der Waals surface area contributed by atoms with E-state index < -0.39 is 5.97 Å². The van der Waals surface area contributed by atoms with Crippen molar-refractivity contribution in [1.82, 2.24) is 0 Å². The lowest BCUT2D eigenvalue weighted by Crippen LogP contribution is -2.60. The van der Waals surface area contributed by atoms with Gasteiger partial charge >= 0.3 is 11.9 Å². The molecule has 208 valence electrons. The molecule has 0 aromatic rings. The van der Waals surface area contributed by atoms with Crippen molar-refractivity contribution in [3.05, 3.63) is 46.3 Å². The number of hydrogen-bond donors (Lipinski definition) is 1. The largest absolute Gasteiger partial charge is 0.504 e. The number of aliphatic hydroxyl groups is 1. The molecule has 0 amide bonds. The van der Waals surface area contributed by atoms with E-state index in [2.05, 4.69) is 51.5 Å². The third-order valence-corrected chi connectivity index (χ3v) is 11.3. The molecule has 0 aliphatic heterocycles. The van der Waals surface area contributed by atoms with Crippen LogP contribution in [0.4, 0.5) is 0 Å². The fraction of sp³-hybridized carbons (Fsp3) is 0.656. The number of carbonyl (C=O) groups is 3. The van der Waals surface area contributed by atoms with Crippen LogP contribution in [0, 0.1) is 33.5 Å². The third-order valence-electron chi connectivity index (χ3n) is 11.3. The lowest BCUT2D eigenvalue weighted by atomic mass is 9.36. The van der Waals surface area contributed by atoms with Crippen LogP contribution in [-0.2, 0) is 23.9 Å². The van der Waals surface area contributed by atoms with Gasteiger partial charge in [-0.15, -0.1) is 0 Å². The molecule has 4 aliphatic carbocycles. The normalized spacial score (nSPS) is 37.1. The maximum atomic E-state index is 12.9. The molecule has 1 N–H and O–H groups in total. The van der Waals surface area contributed by atoms with Crippen molar-refractivity contribution in [3.63, 3.8) is 0 Å². The Morgan fingerprint density at radius 1 is 1.11 bits per heavy atom. The topological polar surface area (TPSA) is 89.9 Å². The molecule has 2 fully saturated rings. The number of fused-ring (bicyclic) bond motifs is 5. The van der Waals surface area contributed by atoms with Crippen molar-refractivity contribution < 1.29 is 29.0 Å². The number of hydrogen-bond acceptors (Lipinski definition) is 6. The summed E-state index contributed by atoms with van der Waals surface area (Å²) in [7, 11) is 1.28. The van der Waals surface area contributed by atoms with Crippen molar-refractivity contribution in [3.8, 4) is 0 Å². The zero-order valence-electron chi connectivity index (χ0n) is 24.3. The number of esters is 2. The van der Waals surface area contributed by atoms with Gasteiger partial charge in [0, 0.05) is 11.0 Å². The Morgan fingerprint density at radius 3 is 2.42 bits per heavy atom. The predicted octanol–water partition coefficient (Wildman–Crippen LogP) is 6.58. The lowest BCUT2D eigenvalue weighted by molar-refractivity contribution is -0.164. The SMILES string of the molecule is CC[C@]1(C)CC[C@]2(C)C3=CC=C4C(=CC(=O)C(O)=C4C)[C@]3(C)CC[C@@]2(C)[C@@H]1C[C@H](C)C(=O)OCC(=O)OC. The van der Waals surface area contributed by atoms with Crippen LogP contribution in [0.3, 0.4) is 0 Å². The van der Waals surface area contributed by atoms with E-state index >= 15 is 0 Å². The molecule has 0 heterocycles.